The van der Waals surface area contributed by atoms with E-state index in [0.717, 1.165) is 18.4 Å². The summed E-state index contributed by atoms with van der Waals surface area (Å²) < 4.78 is 5.85. The third-order valence-electron chi connectivity index (χ3n) is 7.45. The monoisotopic (exact) mass is 399 g/mol. The van der Waals surface area contributed by atoms with E-state index in [1.807, 2.05) is 11.9 Å². The minimum atomic E-state index is -0.660. The first-order valence-electron chi connectivity index (χ1n) is 10.8. The molecule has 1 aliphatic heterocycles. The van der Waals surface area contributed by atoms with Crippen molar-refractivity contribution in [3.05, 3.63) is 41.0 Å². The Kier molecular flexibility index (Phi) is 5.47. The number of aromatic hydroxyl groups is 1. The fourth-order valence-corrected chi connectivity index (χ4v) is 5.83. The molecule has 0 unspecified atom stereocenters. The molecule has 5 atom stereocenters. The number of benzene rings is 1. The van der Waals surface area contributed by atoms with Gasteiger partial charge < -0.3 is 19.8 Å². The van der Waals surface area contributed by atoms with Gasteiger partial charge in [0.25, 0.3) is 0 Å². The van der Waals surface area contributed by atoms with E-state index in [1.165, 1.54) is 24.8 Å². The second-order valence-corrected chi connectivity index (χ2v) is 9.66. The normalized spacial score (nSPS) is 32.7. The minimum absolute atomic E-state index is 0.0302. The molecule has 0 amide bonds. The number of fused-ring (bicyclic) bond motifs is 2. The molecule has 1 saturated heterocycles. The molecule has 29 heavy (non-hydrogen) atoms. The Morgan fingerprint density at radius 1 is 1.31 bits per heavy atom. The summed E-state index contributed by atoms with van der Waals surface area (Å²) in [6.07, 6.45) is 4.90. The molecular weight excluding hydrogens is 366 g/mol. The highest BCUT2D eigenvalue weighted by Gasteiger charge is 2.53. The largest absolute Gasteiger partial charge is 0.508 e. The van der Waals surface area contributed by atoms with E-state index in [4.69, 9.17) is 4.74 Å². The number of allylic oxidation sites excluding steroid dienone is 2. The first-order valence-corrected chi connectivity index (χ1v) is 10.8. The number of aliphatic hydroxyl groups is 1. The average molecular weight is 400 g/mol. The zero-order valence-electron chi connectivity index (χ0n) is 17.7. The molecular formula is C24H33NO4. The second kappa shape index (κ2) is 7.77. The van der Waals surface area contributed by atoms with Crippen molar-refractivity contribution in [3.63, 3.8) is 0 Å². The lowest BCUT2D eigenvalue weighted by Crippen LogP contribution is -2.41. The maximum Gasteiger partial charge on any atom is 0.310 e. The predicted octanol–water partition coefficient (Wildman–Crippen LogP) is 3.82. The molecule has 5 nitrogen and oxygen atoms in total. The van der Waals surface area contributed by atoms with Gasteiger partial charge in [-0.05, 0) is 69.2 Å². The van der Waals surface area contributed by atoms with Gasteiger partial charge in [-0.3, -0.25) is 4.79 Å². The molecule has 2 N–H and O–H groups in total. The number of ether oxygens (including phenoxy) is 1. The van der Waals surface area contributed by atoms with Gasteiger partial charge in [0.1, 0.15) is 11.9 Å². The van der Waals surface area contributed by atoms with Gasteiger partial charge in [0.15, 0.2) is 0 Å². The van der Waals surface area contributed by atoms with Gasteiger partial charge in [-0.25, -0.2) is 0 Å². The van der Waals surface area contributed by atoms with E-state index in [-0.39, 0.29) is 35.1 Å². The number of hydrogen-bond donors (Lipinski definition) is 2. The van der Waals surface area contributed by atoms with E-state index >= 15 is 0 Å². The van der Waals surface area contributed by atoms with Crippen LogP contribution < -0.4 is 0 Å². The van der Waals surface area contributed by atoms with Gasteiger partial charge in [-0.2, -0.15) is 0 Å². The Morgan fingerprint density at radius 2 is 2.03 bits per heavy atom. The van der Waals surface area contributed by atoms with Crippen LogP contribution in [0.5, 0.6) is 5.75 Å². The van der Waals surface area contributed by atoms with Crippen LogP contribution in [0.25, 0.3) is 0 Å². The number of nitrogens with zero attached hydrogens (tertiary/aromatic N) is 1. The third-order valence-corrected chi connectivity index (χ3v) is 7.45. The van der Waals surface area contributed by atoms with Crippen molar-refractivity contribution in [2.75, 3.05) is 20.1 Å². The molecule has 2 fully saturated rings. The molecule has 3 aliphatic rings. The molecule has 158 valence electrons. The van der Waals surface area contributed by atoms with Crippen LogP contribution in [0, 0.1) is 17.3 Å². The Bertz CT molecular complexity index is 802. The summed E-state index contributed by atoms with van der Waals surface area (Å²) >= 11 is 0. The lowest BCUT2D eigenvalue weighted by molar-refractivity contribution is -0.145. The van der Waals surface area contributed by atoms with Crippen LogP contribution in [0.4, 0.5) is 0 Å². The van der Waals surface area contributed by atoms with Crippen molar-refractivity contribution in [3.8, 4) is 5.75 Å². The highest BCUT2D eigenvalue weighted by Crippen LogP contribution is 2.55. The molecule has 5 heteroatoms. The first-order chi connectivity index (χ1) is 13.8. The Morgan fingerprint density at radius 3 is 2.76 bits per heavy atom. The first kappa shape index (κ1) is 20.4. The van der Waals surface area contributed by atoms with Crippen LogP contribution in [0.15, 0.2) is 35.4 Å². The Balaban J connectivity index is 1.43. The number of carbonyl (C=O) groups excluding carboxylic acids is 1. The van der Waals surface area contributed by atoms with E-state index < -0.39 is 6.10 Å². The quantitative estimate of drug-likeness (QED) is 0.582. The van der Waals surface area contributed by atoms with E-state index in [0.29, 0.717) is 13.1 Å². The molecule has 0 spiro atoms. The van der Waals surface area contributed by atoms with Crippen LogP contribution >= 0.6 is 0 Å². The molecule has 1 aromatic carbocycles. The number of hydrogen-bond acceptors (Lipinski definition) is 5. The molecule has 4 rings (SSSR count). The molecule has 0 bridgehead atoms. The van der Waals surface area contributed by atoms with Crippen molar-refractivity contribution in [1.82, 2.24) is 4.90 Å². The van der Waals surface area contributed by atoms with Crippen molar-refractivity contribution >= 4 is 5.97 Å². The minimum Gasteiger partial charge on any atom is -0.508 e. The van der Waals surface area contributed by atoms with Crippen LogP contribution in [0.2, 0.25) is 0 Å². The van der Waals surface area contributed by atoms with E-state index in [1.54, 1.807) is 29.8 Å². The summed E-state index contributed by atoms with van der Waals surface area (Å²) in [5.74, 6) is 0.216. The molecule has 0 aromatic heterocycles. The van der Waals surface area contributed by atoms with Gasteiger partial charge in [-0.15, -0.1) is 0 Å². The summed E-state index contributed by atoms with van der Waals surface area (Å²) in [6.45, 7) is 5.64. The lowest BCUT2D eigenvalue weighted by atomic mass is 9.59. The number of esters is 1. The molecule has 2 aliphatic carbocycles. The maximum absolute atomic E-state index is 12.7. The van der Waals surface area contributed by atoms with Crippen LogP contribution in [-0.4, -0.2) is 47.3 Å². The van der Waals surface area contributed by atoms with Crippen molar-refractivity contribution < 1.29 is 19.7 Å². The maximum atomic E-state index is 12.7. The topological polar surface area (TPSA) is 70.0 Å². The molecule has 1 heterocycles. The summed E-state index contributed by atoms with van der Waals surface area (Å²) in [5, 5.41) is 20.0. The highest BCUT2D eigenvalue weighted by molar-refractivity contribution is 5.76. The van der Waals surface area contributed by atoms with Crippen molar-refractivity contribution in [2.45, 2.75) is 58.2 Å². The number of phenols is 1. The zero-order chi connectivity index (χ0) is 20.8. The van der Waals surface area contributed by atoms with Gasteiger partial charge in [0, 0.05) is 19.0 Å². The number of aliphatic hydroxyl groups excluding tert-OH is 1. The lowest BCUT2D eigenvalue weighted by Gasteiger charge is -2.46. The average Bonchev–Trinajstić information content (AvgIpc) is 2.94. The fourth-order valence-electron chi connectivity index (χ4n) is 5.83. The van der Waals surface area contributed by atoms with Crippen LogP contribution in [-0.2, 0) is 9.53 Å². The Labute approximate surface area is 173 Å². The van der Waals surface area contributed by atoms with Gasteiger partial charge >= 0.3 is 5.97 Å². The fraction of sp³-hybridized carbons (Fsp3) is 0.625. The van der Waals surface area contributed by atoms with Gasteiger partial charge in [0.05, 0.1) is 12.0 Å². The predicted molar refractivity (Wildman–Crippen MR) is 111 cm³/mol. The van der Waals surface area contributed by atoms with Crippen molar-refractivity contribution in [1.29, 1.82) is 0 Å². The SMILES string of the molecule is CC1=C2C[C@H]3[C@@H](C[C@@]2(C)CCC1)OC(=O)[C@@H]3CN(C)C[C@@H](O)c1ccc(O)cc1. The summed E-state index contributed by atoms with van der Waals surface area (Å²) in [4.78, 5) is 14.7. The number of phenolic OH excluding ortho intramolecular Hbond substituents is 1. The summed E-state index contributed by atoms with van der Waals surface area (Å²) in [5.41, 5.74) is 4.05. The van der Waals surface area contributed by atoms with Crippen molar-refractivity contribution in [2.24, 2.45) is 17.3 Å². The van der Waals surface area contributed by atoms with Crippen LogP contribution in [0.3, 0.4) is 0 Å². The standard InChI is InChI=1S/C24H33NO4/c1-15-5-4-10-24(2)12-22-18(11-20(15)24)19(23(28)29-22)13-25(3)14-21(27)16-6-8-17(26)9-7-16/h6-9,18-19,21-22,26-27H,4-5,10-14H2,1-3H3/t18-,19-,21-,22-,24-/m1/s1. The Hall–Kier alpha value is -1.85. The molecule has 1 aromatic rings. The summed E-state index contributed by atoms with van der Waals surface area (Å²) in [6, 6.07) is 6.62. The highest BCUT2D eigenvalue weighted by atomic mass is 16.6. The van der Waals surface area contributed by atoms with Crippen LogP contribution in [0.1, 0.15) is 57.6 Å². The number of rotatable bonds is 5. The molecule has 0 radical (unpaired) electrons. The smallest absolute Gasteiger partial charge is 0.310 e. The number of carbonyl (C=O) groups is 1. The second-order valence-electron chi connectivity index (χ2n) is 9.66. The van der Waals surface area contributed by atoms with E-state index in [2.05, 4.69) is 13.8 Å². The third kappa shape index (κ3) is 3.95. The van der Waals surface area contributed by atoms with Gasteiger partial charge in [0.2, 0.25) is 0 Å². The van der Waals surface area contributed by atoms with E-state index in [9.17, 15) is 15.0 Å². The summed E-state index contributed by atoms with van der Waals surface area (Å²) in [7, 11) is 1.95. The van der Waals surface area contributed by atoms with Gasteiger partial charge in [-0.1, -0.05) is 30.2 Å². The zero-order valence-corrected chi connectivity index (χ0v) is 17.7. The molecule has 1 saturated carbocycles. The number of likely N-dealkylation sites (N-methyl/N-ethyl adjacent to an activating group) is 1.